The van der Waals surface area contributed by atoms with Crippen molar-refractivity contribution >= 4 is 37.5 Å². The van der Waals surface area contributed by atoms with Gasteiger partial charge in [-0.15, -0.1) is 5.10 Å². The van der Waals surface area contributed by atoms with E-state index >= 15 is 4.39 Å². The van der Waals surface area contributed by atoms with Crippen LogP contribution in [0.3, 0.4) is 0 Å². The van der Waals surface area contributed by atoms with Crippen molar-refractivity contribution in [3.63, 3.8) is 0 Å². The third-order valence-electron chi connectivity index (χ3n) is 6.46. The number of rotatable bonds is 11. The summed E-state index contributed by atoms with van der Waals surface area (Å²) in [5.41, 5.74) is 0.621. The molecule has 0 unspecified atom stereocenters. The van der Waals surface area contributed by atoms with Crippen molar-refractivity contribution < 1.29 is 22.3 Å². The molecule has 0 spiro atoms. The van der Waals surface area contributed by atoms with Crippen molar-refractivity contribution in [2.24, 2.45) is 0 Å². The Morgan fingerprint density at radius 3 is 2.45 bits per heavy atom. The monoisotopic (exact) mass is 687 g/mol. The van der Waals surface area contributed by atoms with Crippen LogP contribution in [-0.4, -0.2) is 47.4 Å². The van der Waals surface area contributed by atoms with Crippen LogP contribution in [0.5, 0.6) is 0 Å². The largest absolute Gasteiger partial charge is 0.372 e. The number of hydrogen-bond donors (Lipinski definition) is 2. The number of nitrogens with one attached hydrogen (secondary N) is 2. The highest BCUT2D eigenvalue weighted by Gasteiger charge is 2.25. The summed E-state index contributed by atoms with van der Waals surface area (Å²) in [6.45, 7) is 9.06. The van der Waals surface area contributed by atoms with Crippen LogP contribution in [0.1, 0.15) is 46.0 Å². The van der Waals surface area contributed by atoms with Crippen molar-refractivity contribution in [1.29, 1.82) is 0 Å². The summed E-state index contributed by atoms with van der Waals surface area (Å²) in [5, 5.41) is 7.22. The first kappa shape index (κ1) is 33.2. The summed E-state index contributed by atoms with van der Waals surface area (Å²) in [4.78, 5) is 25.8. The molecule has 0 aliphatic heterocycles. The summed E-state index contributed by atoms with van der Waals surface area (Å²) in [6, 6.07) is 15.8. The van der Waals surface area contributed by atoms with E-state index < -0.39 is 27.1 Å². The number of carbonyl (C=O) groups is 1. The molecule has 0 fully saturated rings. The number of halogens is 2. The third kappa shape index (κ3) is 7.70. The Bertz CT molecular complexity index is 1850. The van der Waals surface area contributed by atoms with E-state index in [1.165, 1.54) is 21.4 Å². The second-order valence-corrected chi connectivity index (χ2v) is 13.6. The van der Waals surface area contributed by atoms with Gasteiger partial charge in [0.25, 0.3) is 0 Å². The highest BCUT2D eigenvalue weighted by atomic mass is 79.9. The molecule has 0 aliphatic carbocycles. The Morgan fingerprint density at radius 1 is 1.07 bits per heavy atom. The molecule has 0 atom stereocenters. The Kier molecular flexibility index (Phi) is 10.2. The van der Waals surface area contributed by atoms with E-state index in [0.717, 1.165) is 0 Å². The molecule has 1 aromatic heterocycles. The lowest BCUT2D eigenvalue weighted by Crippen LogP contribution is -2.40. The number of aromatic nitrogens is 3. The molecule has 0 saturated carbocycles. The zero-order valence-corrected chi connectivity index (χ0v) is 27.6. The van der Waals surface area contributed by atoms with Crippen LogP contribution < -0.4 is 15.7 Å². The number of sulfonamides is 1. The molecule has 4 aromatic rings. The minimum atomic E-state index is -3.89. The number of ether oxygens (including phenoxy) is 1. The van der Waals surface area contributed by atoms with Crippen LogP contribution in [0.2, 0.25) is 0 Å². The van der Waals surface area contributed by atoms with Gasteiger partial charge in [0, 0.05) is 39.9 Å². The molecule has 0 saturated heterocycles. The first-order valence-corrected chi connectivity index (χ1v) is 16.3. The predicted molar refractivity (Wildman–Crippen MR) is 171 cm³/mol. The van der Waals surface area contributed by atoms with E-state index in [1.54, 1.807) is 76.2 Å². The molecule has 1 amide bonds. The molecule has 0 aliphatic rings. The maximum absolute atomic E-state index is 15.6. The van der Waals surface area contributed by atoms with Crippen LogP contribution in [0, 0.1) is 5.82 Å². The van der Waals surface area contributed by atoms with Gasteiger partial charge in [0.2, 0.25) is 15.9 Å². The Hall–Kier alpha value is -3.65. The van der Waals surface area contributed by atoms with Crippen LogP contribution in [-0.2, 0) is 32.5 Å². The van der Waals surface area contributed by atoms with E-state index in [0.29, 0.717) is 45.8 Å². The van der Waals surface area contributed by atoms with E-state index in [-0.39, 0.29) is 29.5 Å². The van der Waals surface area contributed by atoms with Gasteiger partial charge in [-0.3, -0.25) is 9.36 Å². The van der Waals surface area contributed by atoms with Gasteiger partial charge in [0.05, 0.1) is 17.1 Å². The van der Waals surface area contributed by atoms with Gasteiger partial charge in [0.1, 0.15) is 18.2 Å². The van der Waals surface area contributed by atoms with Gasteiger partial charge in [-0.2, -0.15) is 4.68 Å². The average Bonchev–Trinajstić information content (AvgIpc) is 3.27. The summed E-state index contributed by atoms with van der Waals surface area (Å²) < 4.78 is 52.8. The van der Waals surface area contributed by atoms with Gasteiger partial charge in [-0.25, -0.2) is 22.3 Å². The molecule has 1 heterocycles. The van der Waals surface area contributed by atoms with Crippen LogP contribution in [0.4, 0.5) is 10.1 Å². The third-order valence-corrected chi connectivity index (χ3v) is 8.95. The molecule has 13 heteroatoms. The second kappa shape index (κ2) is 13.6. The predicted octanol–water partition coefficient (Wildman–Crippen LogP) is 5.27. The first-order chi connectivity index (χ1) is 20.7. The molecular weight excluding hydrogens is 653 g/mol. The standard InChI is InChI=1S/C31H35BrFN5O5S/c1-6-28-35-38(26-17-22(14-15-24(26)32)34-29(39)19-43-7-2)30(40)37(28)18-21-13-12-20(16-25(21)33)23-10-8-9-11-27(23)44(41,42)36-31(3,4)5/h8-17,36H,6-7,18-19H2,1-5H3,(H,34,39). The lowest BCUT2D eigenvalue weighted by molar-refractivity contribution is -0.120. The number of nitrogens with zero attached hydrogens (tertiary/aromatic N) is 3. The van der Waals surface area contributed by atoms with Gasteiger partial charge in [0.15, 0.2) is 0 Å². The zero-order chi connectivity index (χ0) is 32.2. The summed E-state index contributed by atoms with van der Waals surface area (Å²) in [7, 11) is -3.89. The summed E-state index contributed by atoms with van der Waals surface area (Å²) >= 11 is 3.46. The fourth-order valence-corrected chi connectivity index (χ4v) is 6.63. The normalized spacial score (nSPS) is 12.0. The summed E-state index contributed by atoms with van der Waals surface area (Å²) in [5.74, 6) is -0.502. The van der Waals surface area contributed by atoms with Crippen molar-refractivity contribution in [2.75, 3.05) is 18.5 Å². The van der Waals surface area contributed by atoms with Crippen molar-refractivity contribution in [1.82, 2.24) is 19.1 Å². The maximum Gasteiger partial charge on any atom is 0.351 e. The summed E-state index contributed by atoms with van der Waals surface area (Å²) in [6.07, 6.45) is 0.399. The Balaban J connectivity index is 1.67. The minimum Gasteiger partial charge on any atom is -0.372 e. The van der Waals surface area contributed by atoms with Crippen LogP contribution in [0.15, 0.2) is 74.8 Å². The topological polar surface area (TPSA) is 124 Å². The second-order valence-electron chi connectivity index (χ2n) is 11.1. The molecular formula is C31H35BrFN5O5S. The van der Waals surface area contributed by atoms with E-state index in [1.807, 2.05) is 6.92 Å². The quantitative estimate of drug-likeness (QED) is 0.222. The Morgan fingerprint density at radius 2 is 1.80 bits per heavy atom. The van der Waals surface area contributed by atoms with Gasteiger partial charge in [-0.1, -0.05) is 37.3 Å². The SMILES string of the molecule is CCOCC(=O)Nc1ccc(Br)c(-n2nc(CC)n(Cc3ccc(-c4ccccc4S(=O)(=O)NC(C)(C)C)cc3F)c2=O)c1. The van der Waals surface area contributed by atoms with E-state index in [2.05, 4.69) is 31.1 Å². The van der Waals surface area contributed by atoms with Crippen molar-refractivity contribution in [2.45, 2.75) is 58.0 Å². The van der Waals surface area contributed by atoms with Gasteiger partial charge in [-0.05, 0) is 79.5 Å². The lowest BCUT2D eigenvalue weighted by Gasteiger charge is -2.21. The zero-order valence-electron chi connectivity index (χ0n) is 25.1. The van der Waals surface area contributed by atoms with Crippen molar-refractivity contribution in [3.8, 4) is 16.8 Å². The molecule has 0 bridgehead atoms. The number of hydrogen-bond acceptors (Lipinski definition) is 6. The van der Waals surface area contributed by atoms with Crippen molar-refractivity contribution in [3.05, 3.63) is 92.8 Å². The van der Waals surface area contributed by atoms with E-state index in [9.17, 15) is 18.0 Å². The number of carbonyl (C=O) groups excluding carboxylic acids is 1. The molecule has 10 nitrogen and oxygen atoms in total. The molecule has 44 heavy (non-hydrogen) atoms. The van der Waals surface area contributed by atoms with Crippen LogP contribution in [0.25, 0.3) is 16.8 Å². The van der Waals surface area contributed by atoms with E-state index in [4.69, 9.17) is 4.74 Å². The molecule has 234 valence electrons. The minimum absolute atomic E-state index is 0.0368. The number of aryl methyl sites for hydroxylation is 1. The molecule has 3 aromatic carbocycles. The smallest absolute Gasteiger partial charge is 0.351 e. The van der Waals surface area contributed by atoms with Crippen LogP contribution >= 0.6 is 15.9 Å². The Labute approximate surface area is 264 Å². The lowest BCUT2D eigenvalue weighted by atomic mass is 10.0. The molecule has 0 radical (unpaired) electrons. The fourth-order valence-electron chi connectivity index (χ4n) is 4.57. The fraction of sp³-hybridized carbons (Fsp3) is 0.323. The highest BCUT2D eigenvalue weighted by Crippen LogP contribution is 2.30. The number of anilines is 1. The number of amides is 1. The molecule has 4 rings (SSSR count). The number of benzene rings is 3. The average molecular weight is 689 g/mol. The van der Waals surface area contributed by atoms with Gasteiger partial charge >= 0.3 is 5.69 Å². The molecule has 2 N–H and O–H groups in total. The highest BCUT2D eigenvalue weighted by molar-refractivity contribution is 9.10. The first-order valence-electron chi connectivity index (χ1n) is 14.0. The maximum atomic E-state index is 15.6. The van der Waals surface area contributed by atoms with Gasteiger partial charge < -0.3 is 10.1 Å².